The fourth-order valence-corrected chi connectivity index (χ4v) is 1.18. The van der Waals surface area contributed by atoms with Gasteiger partial charge in [0.15, 0.2) is 0 Å². The highest BCUT2D eigenvalue weighted by molar-refractivity contribution is 5.35. The summed E-state index contributed by atoms with van der Waals surface area (Å²) < 4.78 is 29.6. The van der Waals surface area contributed by atoms with Gasteiger partial charge in [0, 0.05) is 12.1 Å². The van der Waals surface area contributed by atoms with E-state index in [1.165, 1.54) is 13.2 Å². The number of pyridine rings is 1. The number of nitrogens with two attached hydrogens (primary N) is 1. The molecule has 1 heterocycles. The number of halogens is 2. The van der Waals surface area contributed by atoms with Gasteiger partial charge < -0.3 is 10.5 Å². The lowest BCUT2D eigenvalue weighted by Gasteiger charge is -2.10. The lowest BCUT2D eigenvalue weighted by Crippen LogP contribution is -2.05. The Morgan fingerprint density at radius 1 is 1.57 bits per heavy atom. The van der Waals surface area contributed by atoms with E-state index in [1.54, 1.807) is 6.92 Å². The van der Waals surface area contributed by atoms with E-state index in [0.717, 1.165) is 0 Å². The summed E-state index contributed by atoms with van der Waals surface area (Å²) in [6.07, 6.45) is -2.60. The van der Waals surface area contributed by atoms with E-state index in [2.05, 4.69) is 4.98 Å². The zero-order valence-electron chi connectivity index (χ0n) is 8.05. The number of nitrogens with zero attached hydrogens (tertiary/aromatic N) is 1. The van der Waals surface area contributed by atoms with Crippen molar-refractivity contribution in [2.75, 3.05) is 7.11 Å². The second kappa shape index (κ2) is 4.32. The maximum Gasteiger partial charge on any atom is 0.280 e. The van der Waals surface area contributed by atoms with Crippen LogP contribution in [0.2, 0.25) is 0 Å². The highest BCUT2D eigenvalue weighted by Gasteiger charge is 2.14. The molecule has 14 heavy (non-hydrogen) atoms. The summed E-state index contributed by atoms with van der Waals surface area (Å²) in [7, 11) is 1.39. The van der Waals surface area contributed by atoms with Gasteiger partial charge in [-0.15, -0.1) is 0 Å². The van der Waals surface area contributed by atoms with Crippen LogP contribution in [0, 0.1) is 6.92 Å². The van der Waals surface area contributed by atoms with Crippen LogP contribution in [0.1, 0.15) is 23.2 Å². The molecule has 3 nitrogen and oxygen atoms in total. The maximum absolute atomic E-state index is 12.4. The molecule has 0 spiro atoms. The van der Waals surface area contributed by atoms with Crippen LogP contribution in [-0.2, 0) is 6.54 Å². The Kier molecular flexibility index (Phi) is 3.35. The van der Waals surface area contributed by atoms with Gasteiger partial charge in [-0.25, -0.2) is 13.8 Å². The fraction of sp³-hybridized carbons (Fsp3) is 0.444. The van der Waals surface area contributed by atoms with E-state index in [-0.39, 0.29) is 18.1 Å². The number of alkyl halides is 2. The normalized spacial score (nSPS) is 10.7. The molecular formula is C9H12F2N2O. The average Bonchev–Trinajstić information content (AvgIpc) is 2.17. The number of rotatable bonds is 3. The van der Waals surface area contributed by atoms with E-state index in [0.29, 0.717) is 11.1 Å². The van der Waals surface area contributed by atoms with Gasteiger partial charge in [-0.3, -0.25) is 0 Å². The first-order valence-electron chi connectivity index (χ1n) is 4.12. The molecule has 0 aliphatic rings. The highest BCUT2D eigenvalue weighted by atomic mass is 19.3. The zero-order chi connectivity index (χ0) is 10.7. The lowest BCUT2D eigenvalue weighted by atomic mass is 10.1. The number of ether oxygens (including phenoxy) is 1. The predicted octanol–water partition coefficient (Wildman–Crippen LogP) is 1.79. The Balaban J connectivity index is 3.25. The predicted molar refractivity (Wildman–Crippen MR) is 48.4 cm³/mol. The molecule has 2 N–H and O–H groups in total. The third-order valence-corrected chi connectivity index (χ3v) is 1.99. The van der Waals surface area contributed by atoms with E-state index in [9.17, 15) is 8.78 Å². The summed E-state index contributed by atoms with van der Waals surface area (Å²) in [5.74, 6) is 0.211. The van der Waals surface area contributed by atoms with Crippen molar-refractivity contribution in [3.05, 3.63) is 22.9 Å². The van der Waals surface area contributed by atoms with Gasteiger partial charge >= 0.3 is 0 Å². The number of hydrogen-bond donors (Lipinski definition) is 1. The van der Waals surface area contributed by atoms with Crippen molar-refractivity contribution in [1.82, 2.24) is 4.98 Å². The Bertz CT molecular complexity index is 304. The average molecular weight is 202 g/mol. The van der Waals surface area contributed by atoms with Gasteiger partial charge in [-0.05, 0) is 18.6 Å². The zero-order valence-corrected chi connectivity index (χ0v) is 8.05. The standard InChI is InChI=1S/C9H12F2N2O/c1-5-6(4-12)3-7(8(10)11)13-9(5)14-2/h3,8H,4,12H2,1-2H3. The van der Waals surface area contributed by atoms with Crippen molar-refractivity contribution in [1.29, 1.82) is 0 Å². The molecule has 0 aliphatic heterocycles. The van der Waals surface area contributed by atoms with E-state index in [4.69, 9.17) is 10.5 Å². The molecule has 0 aliphatic carbocycles. The van der Waals surface area contributed by atoms with Gasteiger partial charge in [-0.1, -0.05) is 0 Å². The van der Waals surface area contributed by atoms with Crippen molar-refractivity contribution < 1.29 is 13.5 Å². The molecule has 1 rings (SSSR count). The third kappa shape index (κ3) is 1.98. The molecule has 5 heteroatoms. The smallest absolute Gasteiger partial charge is 0.280 e. The first-order valence-corrected chi connectivity index (χ1v) is 4.12. The van der Waals surface area contributed by atoms with E-state index in [1.807, 2.05) is 0 Å². The first-order chi connectivity index (χ1) is 6.60. The first kappa shape index (κ1) is 10.8. The van der Waals surface area contributed by atoms with Crippen LogP contribution >= 0.6 is 0 Å². The number of hydrogen-bond acceptors (Lipinski definition) is 3. The van der Waals surface area contributed by atoms with Gasteiger partial charge in [0.1, 0.15) is 5.69 Å². The highest BCUT2D eigenvalue weighted by Crippen LogP contribution is 2.25. The van der Waals surface area contributed by atoms with Crippen molar-refractivity contribution in [3.8, 4) is 5.88 Å². The minimum Gasteiger partial charge on any atom is -0.481 e. The minimum absolute atomic E-state index is 0.199. The molecule has 0 bridgehead atoms. The quantitative estimate of drug-likeness (QED) is 0.812. The van der Waals surface area contributed by atoms with Crippen LogP contribution in [0.3, 0.4) is 0 Å². The topological polar surface area (TPSA) is 48.1 Å². The summed E-state index contributed by atoms with van der Waals surface area (Å²) in [5, 5.41) is 0. The second-order valence-electron chi connectivity index (χ2n) is 2.85. The van der Waals surface area contributed by atoms with Crippen molar-refractivity contribution in [2.24, 2.45) is 5.73 Å². The van der Waals surface area contributed by atoms with Crippen LogP contribution in [0.15, 0.2) is 6.07 Å². The molecule has 0 radical (unpaired) electrons. The molecule has 78 valence electrons. The SMILES string of the molecule is COc1nc(C(F)F)cc(CN)c1C. The molecule has 0 unspecified atom stereocenters. The van der Waals surface area contributed by atoms with Gasteiger partial charge in [-0.2, -0.15) is 0 Å². The Morgan fingerprint density at radius 3 is 2.64 bits per heavy atom. The molecule has 0 saturated heterocycles. The Hall–Kier alpha value is -1.23. The third-order valence-electron chi connectivity index (χ3n) is 1.99. The lowest BCUT2D eigenvalue weighted by molar-refractivity contribution is 0.145. The summed E-state index contributed by atoms with van der Waals surface area (Å²) >= 11 is 0. The van der Waals surface area contributed by atoms with Gasteiger partial charge in [0.2, 0.25) is 5.88 Å². The van der Waals surface area contributed by atoms with Gasteiger partial charge in [0.25, 0.3) is 6.43 Å². The maximum atomic E-state index is 12.4. The summed E-state index contributed by atoms with van der Waals surface area (Å²) in [6, 6.07) is 1.31. The van der Waals surface area contributed by atoms with Crippen LogP contribution in [0.25, 0.3) is 0 Å². The van der Waals surface area contributed by atoms with E-state index >= 15 is 0 Å². The van der Waals surface area contributed by atoms with Gasteiger partial charge in [0.05, 0.1) is 7.11 Å². The molecular weight excluding hydrogens is 190 g/mol. The Labute approximate surface area is 80.9 Å². The van der Waals surface area contributed by atoms with Crippen LogP contribution in [0.5, 0.6) is 5.88 Å². The summed E-state index contributed by atoms with van der Waals surface area (Å²) in [4.78, 5) is 3.67. The molecule has 1 aromatic heterocycles. The van der Waals surface area contributed by atoms with Crippen LogP contribution in [-0.4, -0.2) is 12.1 Å². The minimum atomic E-state index is -2.60. The summed E-state index contributed by atoms with van der Waals surface area (Å²) in [6.45, 7) is 1.94. The summed E-state index contributed by atoms with van der Waals surface area (Å²) in [5.41, 5.74) is 6.46. The number of methoxy groups -OCH3 is 1. The second-order valence-corrected chi connectivity index (χ2v) is 2.85. The van der Waals surface area contributed by atoms with Crippen LogP contribution in [0.4, 0.5) is 8.78 Å². The molecule has 0 saturated carbocycles. The molecule has 0 atom stereocenters. The van der Waals surface area contributed by atoms with Crippen LogP contribution < -0.4 is 10.5 Å². The monoisotopic (exact) mass is 202 g/mol. The van der Waals surface area contributed by atoms with Crippen molar-refractivity contribution in [2.45, 2.75) is 19.9 Å². The largest absolute Gasteiger partial charge is 0.481 e. The molecule has 1 aromatic rings. The van der Waals surface area contributed by atoms with Crippen molar-refractivity contribution in [3.63, 3.8) is 0 Å². The molecule has 0 amide bonds. The van der Waals surface area contributed by atoms with Crippen molar-refractivity contribution >= 4 is 0 Å². The number of aromatic nitrogens is 1. The fourth-order valence-electron chi connectivity index (χ4n) is 1.18. The molecule has 0 aromatic carbocycles. The Morgan fingerprint density at radius 2 is 2.21 bits per heavy atom. The molecule has 0 fully saturated rings. The van der Waals surface area contributed by atoms with E-state index < -0.39 is 6.43 Å².